The molecule has 0 aliphatic rings. The van der Waals surface area contributed by atoms with Gasteiger partial charge < -0.3 is 10.4 Å². The molecule has 0 aliphatic heterocycles. The fourth-order valence-corrected chi connectivity index (χ4v) is 1.75. The average Bonchev–Trinajstić information content (AvgIpc) is 2.68. The van der Waals surface area contributed by atoms with Crippen LogP contribution in [0.5, 0.6) is 5.75 Å². The van der Waals surface area contributed by atoms with Crippen LogP contribution in [0.1, 0.15) is 11.1 Å². The number of phenolic OH excluding ortho intramolecular Hbond substituents is 1. The standard InChI is InChI=1S/C13H16FN3O.ClH/c1-10-9-17(6-5-14)16-13(10)15-8-11-3-2-4-12(18)7-11;/h2-4,7,9,18H,5-6,8H2,1H3,(H,15,16);1H. The zero-order valence-electron chi connectivity index (χ0n) is 10.6. The van der Waals surface area contributed by atoms with Crippen LogP contribution in [0.15, 0.2) is 30.5 Å². The van der Waals surface area contributed by atoms with E-state index >= 15 is 0 Å². The molecule has 19 heavy (non-hydrogen) atoms. The van der Waals surface area contributed by atoms with E-state index in [-0.39, 0.29) is 24.7 Å². The van der Waals surface area contributed by atoms with Gasteiger partial charge in [-0.25, -0.2) is 4.39 Å². The van der Waals surface area contributed by atoms with Crippen LogP contribution >= 0.6 is 12.4 Å². The van der Waals surface area contributed by atoms with Crippen molar-refractivity contribution in [3.05, 3.63) is 41.6 Å². The second-order valence-corrected chi connectivity index (χ2v) is 4.14. The topological polar surface area (TPSA) is 50.1 Å². The van der Waals surface area contributed by atoms with Gasteiger partial charge in [0.25, 0.3) is 0 Å². The molecule has 1 heterocycles. The second-order valence-electron chi connectivity index (χ2n) is 4.14. The minimum Gasteiger partial charge on any atom is -0.508 e. The van der Waals surface area contributed by atoms with Gasteiger partial charge in [0.2, 0.25) is 0 Å². The lowest BCUT2D eigenvalue weighted by atomic mass is 10.2. The summed E-state index contributed by atoms with van der Waals surface area (Å²) >= 11 is 0. The maximum absolute atomic E-state index is 12.2. The fraction of sp³-hybridized carbons (Fsp3) is 0.308. The smallest absolute Gasteiger partial charge is 0.151 e. The molecule has 0 aliphatic carbocycles. The monoisotopic (exact) mass is 285 g/mol. The van der Waals surface area contributed by atoms with Crippen molar-refractivity contribution < 1.29 is 9.50 Å². The molecule has 1 aromatic heterocycles. The van der Waals surface area contributed by atoms with E-state index in [1.54, 1.807) is 22.9 Å². The van der Waals surface area contributed by atoms with Gasteiger partial charge in [-0.1, -0.05) is 12.1 Å². The van der Waals surface area contributed by atoms with E-state index in [1.807, 2.05) is 19.2 Å². The highest BCUT2D eigenvalue weighted by Crippen LogP contribution is 2.15. The minimum atomic E-state index is -0.423. The molecular weight excluding hydrogens is 269 g/mol. The summed E-state index contributed by atoms with van der Waals surface area (Å²) in [6.07, 6.45) is 1.81. The van der Waals surface area contributed by atoms with Crippen LogP contribution in [0, 0.1) is 6.92 Å². The van der Waals surface area contributed by atoms with Crippen molar-refractivity contribution in [1.82, 2.24) is 9.78 Å². The quantitative estimate of drug-likeness (QED) is 0.888. The number of aromatic nitrogens is 2. The molecule has 104 valence electrons. The van der Waals surface area contributed by atoms with Gasteiger partial charge in [-0.2, -0.15) is 5.10 Å². The van der Waals surface area contributed by atoms with Crippen molar-refractivity contribution >= 4 is 18.2 Å². The number of alkyl halides is 1. The Morgan fingerprint density at radius 2 is 2.21 bits per heavy atom. The largest absolute Gasteiger partial charge is 0.508 e. The number of nitrogens with zero attached hydrogens (tertiary/aromatic N) is 2. The number of rotatable bonds is 5. The van der Waals surface area contributed by atoms with Gasteiger partial charge in [-0.05, 0) is 24.6 Å². The van der Waals surface area contributed by atoms with Gasteiger partial charge in [0.05, 0.1) is 6.54 Å². The van der Waals surface area contributed by atoms with E-state index in [0.717, 1.165) is 16.9 Å². The van der Waals surface area contributed by atoms with Gasteiger partial charge in [0, 0.05) is 18.3 Å². The lowest BCUT2D eigenvalue weighted by Gasteiger charge is -2.04. The molecule has 0 spiro atoms. The number of hydrogen-bond donors (Lipinski definition) is 2. The number of hydrogen-bond acceptors (Lipinski definition) is 3. The Balaban J connectivity index is 0.00000180. The number of nitrogens with one attached hydrogen (secondary N) is 1. The first kappa shape index (κ1) is 15.3. The summed E-state index contributed by atoms with van der Waals surface area (Å²) < 4.78 is 13.8. The van der Waals surface area contributed by atoms with E-state index in [4.69, 9.17) is 0 Å². The van der Waals surface area contributed by atoms with E-state index < -0.39 is 6.67 Å². The number of halogens is 2. The van der Waals surface area contributed by atoms with Crippen LogP contribution in [-0.2, 0) is 13.1 Å². The predicted molar refractivity (Wildman–Crippen MR) is 75.6 cm³/mol. The van der Waals surface area contributed by atoms with Crippen molar-refractivity contribution in [2.24, 2.45) is 0 Å². The molecule has 0 saturated carbocycles. The Kier molecular flexibility index (Phi) is 5.63. The first-order valence-corrected chi connectivity index (χ1v) is 5.81. The molecule has 1 aromatic carbocycles. The van der Waals surface area contributed by atoms with Crippen LogP contribution in [0.2, 0.25) is 0 Å². The summed E-state index contributed by atoms with van der Waals surface area (Å²) in [6, 6.07) is 7.03. The molecule has 2 aromatic rings. The highest BCUT2D eigenvalue weighted by molar-refractivity contribution is 5.85. The Hall–Kier alpha value is -1.75. The molecule has 0 saturated heterocycles. The van der Waals surface area contributed by atoms with Crippen molar-refractivity contribution in [3.8, 4) is 5.75 Å². The molecule has 0 bridgehead atoms. The Bertz CT molecular complexity index is 530. The van der Waals surface area contributed by atoms with E-state index in [0.29, 0.717) is 6.54 Å². The summed E-state index contributed by atoms with van der Waals surface area (Å²) in [5.41, 5.74) is 1.94. The zero-order valence-corrected chi connectivity index (χ0v) is 11.5. The van der Waals surface area contributed by atoms with Crippen LogP contribution in [-0.4, -0.2) is 21.6 Å². The summed E-state index contributed by atoms with van der Waals surface area (Å²) in [6.45, 7) is 2.34. The molecule has 2 rings (SSSR count). The van der Waals surface area contributed by atoms with Gasteiger partial charge in [0.1, 0.15) is 12.4 Å². The molecular formula is C13H17ClFN3O. The van der Waals surface area contributed by atoms with Gasteiger partial charge >= 0.3 is 0 Å². The molecule has 0 amide bonds. The third-order valence-electron chi connectivity index (χ3n) is 2.63. The van der Waals surface area contributed by atoms with Crippen LogP contribution < -0.4 is 5.32 Å². The maximum atomic E-state index is 12.2. The third kappa shape index (κ3) is 4.13. The minimum absolute atomic E-state index is 0. The number of phenols is 1. The lowest BCUT2D eigenvalue weighted by Crippen LogP contribution is -2.03. The normalized spacial score (nSPS) is 10.0. The Morgan fingerprint density at radius 3 is 2.89 bits per heavy atom. The SMILES string of the molecule is Cc1cn(CCF)nc1NCc1cccc(O)c1.Cl. The second kappa shape index (κ2) is 6.99. The molecule has 4 nitrogen and oxygen atoms in total. The molecule has 0 fully saturated rings. The summed E-state index contributed by atoms with van der Waals surface area (Å²) in [7, 11) is 0. The molecule has 6 heteroatoms. The molecule has 0 unspecified atom stereocenters. The van der Waals surface area contributed by atoms with E-state index in [9.17, 15) is 9.50 Å². The van der Waals surface area contributed by atoms with Crippen LogP contribution in [0.4, 0.5) is 10.2 Å². The fourth-order valence-electron chi connectivity index (χ4n) is 1.75. The van der Waals surface area contributed by atoms with Crippen molar-refractivity contribution in [3.63, 3.8) is 0 Å². The summed E-state index contributed by atoms with van der Waals surface area (Å²) in [4.78, 5) is 0. The van der Waals surface area contributed by atoms with Crippen LogP contribution in [0.25, 0.3) is 0 Å². The van der Waals surface area contributed by atoms with Crippen molar-refractivity contribution in [2.45, 2.75) is 20.0 Å². The maximum Gasteiger partial charge on any atom is 0.151 e. The average molecular weight is 286 g/mol. The highest BCUT2D eigenvalue weighted by atomic mass is 35.5. The first-order valence-electron chi connectivity index (χ1n) is 5.81. The van der Waals surface area contributed by atoms with Crippen molar-refractivity contribution in [1.29, 1.82) is 0 Å². The van der Waals surface area contributed by atoms with E-state index in [2.05, 4.69) is 10.4 Å². The molecule has 0 radical (unpaired) electrons. The highest BCUT2D eigenvalue weighted by Gasteiger charge is 2.04. The van der Waals surface area contributed by atoms with Crippen molar-refractivity contribution in [2.75, 3.05) is 12.0 Å². The number of aromatic hydroxyl groups is 1. The summed E-state index contributed by atoms with van der Waals surface area (Å²) in [5.74, 6) is 0.987. The lowest BCUT2D eigenvalue weighted by molar-refractivity contribution is 0.427. The predicted octanol–water partition coefficient (Wildman–Crippen LogP) is 2.90. The number of aryl methyl sites for hydroxylation is 2. The van der Waals surface area contributed by atoms with Gasteiger partial charge in [-0.3, -0.25) is 4.68 Å². The Labute approximate surface area is 117 Å². The number of benzene rings is 1. The van der Waals surface area contributed by atoms with Crippen LogP contribution in [0.3, 0.4) is 0 Å². The van der Waals surface area contributed by atoms with E-state index in [1.165, 1.54) is 0 Å². The molecule has 2 N–H and O–H groups in total. The summed E-state index contributed by atoms with van der Waals surface area (Å²) in [5, 5.41) is 16.8. The first-order chi connectivity index (χ1) is 8.69. The molecule has 0 atom stereocenters. The van der Waals surface area contributed by atoms with Gasteiger partial charge in [-0.15, -0.1) is 12.4 Å². The van der Waals surface area contributed by atoms with Gasteiger partial charge in [0.15, 0.2) is 5.82 Å². The Morgan fingerprint density at radius 1 is 1.42 bits per heavy atom. The third-order valence-corrected chi connectivity index (χ3v) is 2.63. The zero-order chi connectivity index (χ0) is 13.0. The number of anilines is 1.